The molecule has 7 nitrogen and oxygen atoms in total. The number of carbonyl (C=O) groups is 1. The SMILES string of the molecule is Cc1ncnc(C)c1-c1cc(NC(=O)c2cnsc2)ccc1OCCN1CCCC1. The minimum Gasteiger partial charge on any atom is -0.492 e. The summed E-state index contributed by atoms with van der Waals surface area (Å²) in [6, 6.07) is 5.70. The van der Waals surface area contributed by atoms with Crippen molar-refractivity contribution in [1.29, 1.82) is 0 Å². The van der Waals surface area contributed by atoms with Gasteiger partial charge in [-0.15, -0.1) is 0 Å². The summed E-state index contributed by atoms with van der Waals surface area (Å²) in [5, 5.41) is 4.67. The zero-order valence-electron chi connectivity index (χ0n) is 17.2. The Kier molecular flexibility index (Phi) is 6.35. The van der Waals surface area contributed by atoms with Crippen LogP contribution in [0.4, 0.5) is 5.69 Å². The van der Waals surface area contributed by atoms with E-state index in [1.54, 1.807) is 17.9 Å². The fourth-order valence-electron chi connectivity index (χ4n) is 3.72. The second-order valence-electron chi connectivity index (χ2n) is 7.39. The number of aromatic nitrogens is 3. The summed E-state index contributed by atoms with van der Waals surface area (Å²) in [5.74, 6) is 0.584. The number of nitrogens with one attached hydrogen (secondary N) is 1. The molecule has 0 unspecified atom stereocenters. The first-order chi connectivity index (χ1) is 14.6. The van der Waals surface area contributed by atoms with E-state index in [-0.39, 0.29) is 5.91 Å². The van der Waals surface area contributed by atoms with Gasteiger partial charge in [-0.25, -0.2) is 14.3 Å². The van der Waals surface area contributed by atoms with Gasteiger partial charge < -0.3 is 10.1 Å². The summed E-state index contributed by atoms with van der Waals surface area (Å²) in [6.45, 7) is 7.73. The molecule has 3 aromatic rings. The highest BCUT2D eigenvalue weighted by Crippen LogP contribution is 2.35. The summed E-state index contributed by atoms with van der Waals surface area (Å²) < 4.78 is 10.2. The molecule has 1 fully saturated rings. The molecule has 1 saturated heterocycles. The third-order valence-electron chi connectivity index (χ3n) is 5.29. The second kappa shape index (κ2) is 9.32. The maximum absolute atomic E-state index is 12.5. The molecule has 0 atom stereocenters. The maximum Gasteiger partial charge on any atom is 0.258 e. The van der Waals surface area contributed by atoms with Crippen molar-refractivity contribution in [2.75, 3.05) is 31.6 Å². The highest BCUT2D eigenvalue weighted by Gasteiger charge is 2.17. The molecule has 1 amide bonds. The molecule has 0 bridgehead atoms. The number of likely N-dealkylation sites (tertiary alicyclic amines) is 1. The first-order valence-corrected chi connectivity index (χ1v) is 10.9. The predicted molar refractivity (Wildman–Crippen MR) is 118 cm³/mol. The van der Waals surface area contributed by atoms with Gasteiger partial charge in [0.25, 0.3) is 5.91 Å². The standard InChI is InChI=1S/C22H25N5O2S/c1-15-21(16(2)24-14-23-15)19-11-18(26-22(28)17-12-25-30-13-17)5-6-20(19)29-10-9-27-7-3-4-8-27/h5-6,11-14H,3-4,7-10H2,1-2H3,(H,26,28). The molecule has 0 aliphatic carbocycles. The van der Waals surface area contributed by atoms with Gasteiger partial charge in [0.1, 0.15) is 18.7 Å². The van der Waals surface area contributed by atoms with E-state index in [1.165, 1.54) is 24.4 Å². The van der Waals surface area contributed by atoms with Crippen LogP contribution in [0.3, 0.4) is 0 Å². The van der Waals surface area contributed by atoms with E-state index in [1.807, 2.05) is 32.0 Å². The summed E-state index contributed by atoms with van der Waals surface area (Å²) in [6.07, 6.45) is 5.66. The number of benzene rings is 1. The smallest absolute Gasteiger partial charge is 0.258 e. The Hall–Kier alpha value is -2.84. The van der Waals surface area contributed by atoms with Crippen molar-refractivity contribution in [3.63, 3.8) is 0 Å². The van der Waals surface area contributed by atoms with E-state index in [2.05, 4.69) is 24.6 Å². The number of nitrogens with zero attached hydrogens (tertiary/aromatic N) is 4. The van der Waals surface area contributed by atoms with E-state index in [0.717, 1.165) is 47.9 Å². The summed E-state index contributed by atoms with van der Waals surface area (Å²) in [7, 11) is 0. The molecule has 1 aliphatic heterocycles. The number of anilines is 1. The lowest BCUT2D eigenvalue weighted by Gasteiger charge is -2.18. The lowest BCUT2D eigenvalue weighted by atomic mass is 10.0. The van der Waals surface area contributed by atoms with Crippen LogP contribution in [0, 0.1) is 13.8 Å². The van der Waals surface area contributed by atoms with Crippen molar-refractivity contribution in [1.82, 2.24) is 19.2 Å². The van der Waals surface area contributed by atoms with Gasteiger partial charge in [0.05, 0.1) is 11.8 Å². The highest BCUT2D eigenvalue weighted by atomic mass is 32.1. The van der Waals surface area contributed by atoms with E-state index in [9.17, 15) is 4.79 Å². The molecule has 0 radical (unpaired) electrons. The van der Waals surface area contributed by atoms with Gasteiger partial charge in [0.2, 0.25) is 0 Å². The van der Waals surface area contributed by atoms with Crippen molar-refractivity contribution < 1.29 is 9.53 Å². The molecule has 156 valence electrons. The Morgan fingerprint density at radius 3 is 2.67 bits per heavy atom. The van der Waals surface area contributed by atoms with Crippen molar-refractivity contribution in [3.05, 3.63) is 53.1 Å². The van der Waals surface area contributed by atoms with Gasteiger partial charge in [-0.05, 0) is 69.5 Å². The predicted octanol–water partition coefficient (Wildman–Crippen LogP) is 3.94. The number of hydrogen-bond donors (Lipinski definition) is 1. The normalized spacial score (nSPS) is 14.1. The number of rotatable bonds is 7. The largest absolute Gasteiger partial charge is 0.492 e. The first kappa shape index (κ1) is 20.4. The van der Waals surface area contributed by atoms with Gasteiger partial charge in [-0.1, -0.05) is 0 Å². The van der Waals surface area contributed by atoms with Gasteiger partial charge in [-0.3, -0.25) is 9.69 Å². The summed E-state index contributed by atoms with van der Waals surface area (Å²) >= 11 is 1.25. The quantitative estimate of drug-likeness (QED) is 0.620. The Balaban J connectivity index is 1.60. The third kappa shape index (κ3) is 4.66. The summed E-state index contributed by atoms with van der Waals surface area (Å²) in [5.41, 5.74) is 4.80. The lowest BCUT2D eigenvalue weighted by molar-refractivity contribution is 0.102. The van der Waals surface area contributed by atoms with Crippen LogP contribution in [0.15, 0.2) is 36.1 Å². The Labute approximate surface area is 180 Å². The van der Waals surface area contributed by atoms with Crippen LogP contribution >= 0.6 is 11.5 Å². The number of amides is 1. The Bertz CT molecular complexity index is 996. The molecule has 3 heterocycles. The molecule has 1 N–H and O–H groups in total. The van der Waals surface area contributed by atoms with Crippen LogP contribution in [-0.4, -0.2) is 51.4 Å². The second-order valence-corrected chi connectivity index (χ2v) is 8.05. The van der Waals surface area contributed by atoms with Gasteiger partial charge >= 0.3 is 0 Å². The number of aryl methyl sites for hydroxylation is 2. The third-order valence-corrected chi connectivity index (χ3v) is 5.88. The molecule has 1 aromatic carbocycles. The molecule has 0 spiro atoms. The van der Waals surface area contributed by atoms with E-state index >= 15 is 0 Å². The van der Waals surface area contributed by atoms with E-state index in [4.69, 9.17) is 4.74 Å². The molecule has 8 heteroatoms. The van der Waals surface area contributed by atoms with Crippen molar-refractivity contribution in [2.45, 2.75) is 26.7 Å². The number of hydrogen-bond acceptors (Lipinski definition) is 7. The highest BCUT2D eigenvalue weighted by molar-refractivity contribution is 7.03. The zero-order chi connectivity index (χ0) is 20.9. The molecule has 30 heavy (non-hydrogen) atoms. The van der Waals surface area contributed by atoms with Crippen molar-refractivity contribution in [3.8, 4) is 16.9 Å². The van der Waals surface area contributed by atoms with E-state index < -0.39 is 0 Å². The van der Waals surface area contributed by atoms with Crippen LogP contribution in [0.5, 0.6) is 5.75 Å². The summed E-state index contributed by atoms with van der Waals surface area (Å²) in [4.78, 5) is 23.6. The molecule has 1 aliphatic rings. The van der Waals surface area contributed by atoms with Crippen molar-refractivity contribution >= 4 is 23.1 Å². The van der Waals surface area contributed by atoms with Gasteiger partial charge in [0, 0.05) is 40.1 Å². The topological polar surface area (TPSA) is 80.2 Å². The minimum atomic E-state index is -0.185. The monoisotopic (exact) mass is 423 g/mol. The van der Waals surface area contributed by atoms with Crippen LogP contribution in [0.25, 0.3) is 11.1 Å². The Morgan fingerprint density at radius 2 is 1.97 bits per heavy atom. The van der Waals surface area contributed by atoms with Gasteiger partial charge in [-0.2, -0.15) is 0 Å². The van der Waals surface area contributed by atoms with Crippen LogP contribution in [-0.2, 0) is 0 Å². The van der Waals surface area contributed by atoms with Gasteiger partial charge in [0.15, 0.2) is 0 Å². The first-order valence-electron chi connectivity index (χ1n) is 10.1. The number of carbonyl (C=O) groups excluding carboxylic acids is 1. The average molecular weight is 424 g/mol. The van der Waals surface area contributed by atoms with Crippen LogP contribution < -0.4 is 10.1 Å². The van der Waals surface area contributed by atoms with Crippen LogP contribution in [0.1, 0.15) is 34.6 Å². The fourth-order valence-corrected chi connectivity index (χ4v) is 4.24. The average Bonchev–Trinajstić information content (AvgIpc) is 3.43. The molecule has 4 rings (SSSR count). The van der Waals surface area contributed by atoms with E-state index in [0.29, 0.717) is 17.9 Å². The lowest BCUT2D eigenvalue weighted by Crippen LogP contribution is -2.25. The zero-order valence-corrected chi connectivity index (χ0v) is 18.0. The Morgan fingerprint density at radius 1 is 1.20 bits per heavy atom. The molecule has 0 saturated carbocycles. The number of ether oxygens (including phenoxy) is 1. The molecular weight excluding hydrogens is 398 g/mol. The molecule has 2 aromatic heterocycles. The van der Waals surface area contributed by atoms with Crippen LogP contribution in [0.2, 0.25) is 0 Å². The maximum atomic E-state index is 12.5. The van der Waals surface area contributed by atoms with Crippen molar-refractivity contribution in [2.24, 2.45) is 0 Å². The minimum absolute atomic E-state index is 0.185. The fraction of sp³-hybridized carbons (Fsp3) is 0.364. The molecular formula is C22H25N5O2S.